The van der Waals surface area contributed by atoms with E-state index in [1.54, 1.807) is 23.0 Å². The van der Waals surface area contributed by atoms with Crippen LogP contribution in [0.2, 0.25) is 0 Å². The second-order valence-corrected chi connectivity index (χ2v) is 6.46. The van der Waals surface area contributed by atoms with E-state index in [1.807, 2.05) is 30.3 Å². The first-order valence-electron chi connectivity index (χ1n) is 8.46. The molecule has 0 saturated heterocycles. The van der Waals surface area contributed by atoms with Crippen molar-refractivity contribution in [2.24, 2.45) is 0 Å². The quantitative estimate of drug-likeness (QED) is 0.759. The lowest BCUT2D eigenvalue weighted by Gasteiger charge is -2.42. The van der Waals surface area contributed by atoms with Gasteiger partial charge in [0.05, 0.1) is 29.9 Å². The van der Waals surface area contributed by atoms with Gasteiger partial charge < -0.3 is 10.5 Å². The molecule has 25 heavy (non-hydrogen) atoms. The Bertz CT molecular complexity index is 854. The minimum Gasteiger partial charge on any atom is -0.396 e. The third-order valence-electron chi connectivity index (χ3n) is 4.82. The Morgan fingerprint density at radius 3 is 2.44 bits per heavy atom. The molecule has 0 aliphatic heterocycles. The number of halogens is 1. The van der Waals surface area contributed by atoms with Gasteiger partial charge in [-0.15, -0.1) is 0 Å². The number of hydrogen-bond donors (Lipinski definition) is 1. The minimum atomic E-state index is -0.440. The van der Waals surface area contributed by atoms with Gasteiger partial charge in [0.15, 0.2) is 0 Å². The van der Waals surface area contributed by atoms with E-state index in [9.17, 15) is 4.39 Å². The van der Waals surface area contributed by atoms with Crippen LogP contribution in [0.3, 0.4) is 0 Å². The zero-order valence-corrected chi connectivity index (χ0v) is 13.9. The van der Waals surface area contributed by atoms with Gasteiger partial charge in [0.2, 0.25) is 0 Å². The molecule has 0 atom stereocenters. The third kappa shape index (κ3) is 2.91. The van der Waals surface area contributed by atoms with E-state index in [2.05, 4.69) is 5.10 Å². The summed E-state index contributed by atoms with van der Waals surface area (Å²) < 4.78 is 21.4. The van der Waals surface area contributed by atoms with E-state index in [4.69, 9.17) is 10.5 Å². The summed E-state index contributed by atoms with van der Waals surface area (Å²) in [6.45, 7) is 0.523. The van der Waals surface area contributed by atoms with Crippen LogP contribution in [0.1, 0.15) is 30.5 Å². The van der Waals surface area contributed by atoms with Crippen LogP contribution in [0.25, 0.3) is 5.69 Å². The van der Waals surface area contributed by atoms with Crippen molar-refractivity contribution >= 4 is 5.69 Å². The van der Waals surface area contributed by atoms with Crippen LogP contribution in [-0.2, 0) is 16.9 Å². The molecule has 128 valence electrons. The number of nitrogens with two attached hydrogens (primary N) is 1. The second-order valence-electron chi connectivity index (χ2n) is 6.46. The number of aromatic nitrogens is 2. The number of nitrogen functional groups attached to an aromatic ring is 1. The Morgan fingerprint density at radius 2 is 1.80 bits per heavy atom. The number of nitrogens with zero attached hydrogens (tertiary/aromatic N) is 2. The second kappa shape index (κ2) is 6.33. The highest BCUT2D eigenvalue weighted by atomic mass is 19.1. The summed E-state index contributed by atoms with van der Waals surface area (Å²) in [6, 6.07) is 16.4. The fourth-order valence-electron chi connectivity index (χ4n) is 3.34. The van der Waals surface area contributed by atoms with Crippen molar-refractivity contribution in [1.29, 1.82) is 0 Å². The highest BCUT2D eigenvalue weighted by molar-refractivity contribution is 5.50. The normalized spacial score (nSPS) is 15.7. The molecule has 1 fully saturated rings. The van der Waals surface area contributed by atoms with Crippen LogP contribution in [0.5, 0.6) is 0 Å². The van der Waals surface area contributed by atoms with Crippen LogP contribution in [0.15, 0.2) is 60.8 Å². The predicted molar refractivity (Wildman–Crippen MR) is 94.7 cm³/mol. The Balaban J connectivity index is 1.67. The lowest BCUT2D eigenvalue weighted by Crippen LogP contribution is -2.39. The highest BCUT2D eigenvalue weighted by Crippen LogP contribution is 2.47. The number of anilines is 1. The number of rotatable bonds is 5. The molecule has 5 heteroatoms. The van der Waals surface area contributed by atoms with Crippen molar-refractivity contribution in [2.75, 3.05) is 5.73 Å². The van der Waals surface area contributed by atoms with Crippen molar-refractivity contribution in [3.63, 3.8) is 0 Å². The fourth-order valence-corrected chi connectivity index (χ4v) is 3.34. The Morgan fingerprint density at radius 1 is 1.08 bits per heavy atom. The van der Waals surface area contributed by atoms with Crippen molar-refractivity contribution in [3.05, 3.63) is 77.9 Å². The average Bonchev–Trinajstić information content (AvgIpc) is 2.98. The van der Waals surface area contributed by atoms with Crippen molar-refractivity contribution in [3.8, 4) is 5.69 Å². The first kappa shape index (κ1) is 15.8. The molecule has 3 aromatic rings. The van der Waals surface area contributed by atoms with Crippen LogP contribution in [0, 0.1) is 5.82 Å². The molecular formula is C20H20FN3O. The summed E-state index contributed by atoms with van der Waals surface area (Å²) in [7, 11) is 0. The summed E-state index contributed by atoms with van der Waals surface area (Å²) in [5, 5.41) is 4.41. The standard InChI is InChI=1S/C20H20FN3O/c21-16-7-9-17(10-8-16)24-19(18(22)13-23-24)20(11-4-12-20)25-14-15-5-2-1-3-6-15/h1-3,5-10,13H,4,11-12,14,22H2. The van der Waals surface area contributed by atoms with E-state index >= 15 is 0 Å². The van der Waals surface area contributed by atoms with E-state index < -0.39 is 5.60 Å². The molecule has 4 nitrogen and oxygen atoms in total. The van der Waals surface area contributed by atoms with Crippen LogP contribution in [-0.4, -0.2) is 9.78 Å². The van der Waals surface area contributed by atoms with Gasteiger partial charge in [-0.25, -0.2) is 9.07 Å². The van der Waals surface area contributed by atoms with Crippen LogP contribution >= 0.6 is 0 Å². The molecule has 0 unspecified atom stereocenters. The first-order chi connectivity index (χ1) is 12.2. The summed E-state index contributed by atoms with van der Waals surface area (Å²) in [6.07, 6.45) is 4.53. The van der Waals surface area contributed by atoms with Gasteiger partial charge in [-0.05, 0) is 49.1 Å². The zero-order chi connectivity index (χ0) is 17.3. The first-order valence-corrected chi connectivity index (χ1v) is 8.46. The topological polar surface area (TPSA) is 53.1 Å². The largest absolute Gasteiger partial charge is 0.396 e. The molecule has 1 aliphatic carbocycles. The van der Waals surface area contributed by atoms with Gasteiger partial charge >= 0.3 is 0 Å². The van der Waals surface area contributed by atoms with Crippen LogP contribution in [0.4, 0.5) is 10.1 Å². The van der Waals surface area contributed by atoms with Gasteiger partial charge in [-0.2, -0.15) is 5.10 Å². The molecule has 1 saturated carbocycles. The minimum absolute atomic E-state index is 0.274. The molecule has 1 heterocycles. The van der Waals surface area contributed by atoms with Gasteiger partial charge in [-0.1, -0.05) is 30.3 Å². The molecule has 2 aromatic carbocycles. The number of hydrogen-bond acceptors (Lipinski definition) is 3. The molecule has 1 aliphatic rings. The number of ether oxygens (including phenoxy) is 1. The third-order valence-corrected chi connectivity index (χ3v) is 4.82. The highest BCUT2D eigenvalue weighted by Gasteiger charge is 2.44. The summed E-state index contributed by atoms with van der Waals surface area (Å²) >= 11 is 0. The SMILES string of the molecule is Nc1cnn(-c2ccc(F)cc2)c1C1(OCc2ccccc2)CCC1. The maximum Gasteiger partial charge on any atom is 0.123 e. The lowest BCUT2D eigenvalue weighted by molar-refractivity contribution is -0.120. The summed E-state index contributed by atoms with van der Waals surface area (Å²) in [4.78, 5) is 0. The molecular weight excluding hydrogens is 317 g/mol. The molecule has 0 bridgehead atoms. The van der Waals surface area contributed by atoms with E-state index in [0.717, 1.165) is 36.2 Å². The molecule has 4 rings (SSSR count). The van der Waals surface area contributed by atoms with Crippen molar-refractivity contribution < 1.29 is 9.13 Å². The average molecular weight is 337 g/mol. The lowest BCUT2D eigenvalue weighted by atomic mass is 9.76. The van der Waals surface area contributed by atoms with E-state index in [0.29, 0.717) is 12.3 Å². The monoisotopic (exact) mass is 337 g/mol. The Kier molecular flexibility index (Phi) is 4.01. The molecule has 2 N–H and O–H groups in total. The van der Waals surface area contributed by atoms with Crippen molar-refractivity contribution in [1.82, 2.24) is 9.78 Å². The smallest absolute Gasteiger partial charge is 0.123 e. The van der Waals surface area contributed by atoms with Crippen LogP contribution < -0.4 is 5.73 Å². The van der Waals surface area contributed by atoms with Crippen molar-refractivity contribution in [2.45, 2.75) is 31.5 Å². The maximum absolute atomic E-state index is 13.2. The van der Waals surface area contributed by atoms with Gasteiger partial charge in [0.1, 0.15) is 11.4 Å². The summed E-state index contributed by atoms with van der Waals surface area (Å²) in [5.74, 6) is -0.274. The molecule has 1 aromatic heterocycles. The van der Waals surface area contributed by atoms with Gasteiger partial charge in [-0.3, -0.25) is 0 Å². The number of benzene rings is 2. The van der Waals surface area contributed by atoms with E-state index in [1.165, 1.54) is 12.1 Å². The molecule has 0 spiro atoms. The predicted octanol–water partition coefficient (Wildman–Crippen LogP) is 4.19. The molecule has 0 radical (unpaired) electrons. The Hall–Kier alpha value is -2.66. The van der Waals surface area contributed by atoms with E-state index in [-0.39, 0.29) is 5.82 Å². The Labute approximate surface area is 146 Å². The maximum atomic E-state index is 13.2. The fraction of sp³-hybridized carbons (Fsp3) is 0.250. The summed E-state index contributed by atoms with van der Waals surface area (Å²) in [5.41, 5.74) is 9.17. The zero-order valence-electron chi connectivity index (χ0n) is 13.9. The van der Waals surface area contributed by atoms with Gasteiger partial charge in [0.25, 0.3) is 0 Å². The van der Waals surface area contributed by atoms with Gasteiger partial charge in [0, 0.05) is 0 Å². The molecule has 0 amide bonds.